The first-order valence-electron chi connectivity index (χ1n) is 5.77. The van der Waals surface area contributed by atoms with Crippen molar-refractivity contribution in [3.05, 3.63) is 56.6 Å². The molecule has 2 nitrogen and oxygen atoms in total. The lowest BCUT2D eigenvalue weighted by molar-refractivity contribution is -0.0504. The van der Waals surface area contributed by atoms with Crippen LogP contribution >= 0.6 is 34.2 Å². The van der Waals surface area contributed by atoms with E-state index in [1.165, 1.54) is 12.1 Å². The van der Waals surface area contributed by atoms with Crippen molar-refractivity contribution in [2.45, 2.75) is 13.2 Å². The van der Waals surface area contributed by atoms with Crippen molar-refractivity contribution in [1.29, 1.82) is 0 Å². The molecular weight excluding hydrogens is 399 g/mol. The van der Waals surface area contributed by atoms with Crippen molar-refractivity contribution in [1.82, 2.24) is 0 Å². The molecule has 0 aliphatic heterocycles. The third-order valence-corrected chi connectivity index (χ3v) is 3.52. The molecule has 2 rings (SSSR count). The van der Waals surface area contributed by atoms with E-state index in [1.54, 1.807) is 6.07 Å². The lowest BCUT2D eigenvalue weighted by atomic mass is 10.2. The quantitative estimate of drug-likeness (QED) is 0.689. The molecule has 2 aromatic carbocycles. The minimum atomic E-state index is -2.85. The van der Waals surface area contributed by atoms with Crippen LogP contribution in [0.3, 0.4) is 0 Å². The van der Waals surface area contributed by atoms with Crippen LogP contribution in [0.4, 0.5) is 14.5 Å². The van der Waals surface area contributed by atoms with Gasteiger partial charge in [0.2, 0.25) is 0 Å². The average Bonchev–Trinajstić information content (AvgIpc) is 2.40. The monoisotopic (exact) mass is 409 g/mol. The highest BCUT2D eigenvalue weighted by molar-refractivity contribution is 14.1. The van der Waals surface area contributed by atoms with Crippen molar-refractivity contribution in [3.63, 3.8) is 0 Å². The smallest absolute Gasteiger partial charge is 0.387 e. The van der Waals surface area contributed by atoms with Gasteiger partial charge in [0, 0.05) is 26.4 Å². The molecule has 0 saturated heterocycles. The van der Waals surface area contributed by atoms with E-state index < -0.39 is 6.61 Å². The Bertz CT molecular complexity index is 578. The number of anilines is 1. The molecule has 1 N–H and O–H groups in total. The molecule has 0 aliphatic carbocycles. The van der Waals surface area contributed by atoms with Crippen molar-refractivity contribution in [2.75, 3.05) is 5.32 Å². The molecule has 0 saturated carbocycles. The molecule has 0 bridgehead atoms. The molecule has 0 radical (unpaired) electrons. The molecule has 6 heteroatoms. The molecule has 0 fully saturated rings. The summed E-state index contributed by atoms with van der Waals surface area (Å²) in [6, 6.07) is 12.3. The van der Waals surface area contributed by atoms with E-state index in [0.29, 0.717) is 17.1 Å². The first-order chi connectivity index (χ1) is 9.54. The largest absolute Gasteiger partial charge is 0.434 e. The van der Waals surface area contributed by atoms with Gasteiger partial charge in [0.05, 0.1) is 0 Å². The Morgan fingerprint density at radius 2 is 1.85 bits per heavy atom. The Morgan fingerprint density at radius 3 is 2.50 bits per heavy atom. The Hall–Kier alpha value is -1.08. The molecule has 0 aromatic heterocycles. The lowest BCUT2D eigenvalue weighted by Crippen LogP contribution is -2.07. The molecule has 106 valence electrons. The summed E-state index contributed by atoms with van der Waals surface area (Å²) in [5, 5.41) is 3.62. The Morgan fingerprint density at radius 1 is 1.15 bits per heavy atom. The number of rotatable bonds is 5. The molecule has 0 atom stereocenters. The van der Waals surface area contributed by atoms with Crippen LogP contribution in [0, 0.1) is 3.57 Å². The second kappa shape index (κ2) is 7.08. The number of ether oxygens (including phenoxy) is 1. The van der Waals surface area contributed by atoms with Gasteiger partial charge < -0.3 is 10.1 Å². The summed E-state index contributed by atoms with van der Waals surface area (Å²) in [7, 11) is 0. The van der Waals surface area contributed by atoms with Crippen molar-refractivity contribution in [2.24, 2.45) is 0 Å². The van der Waals surface area contributed by atoms with E-state index in [2.05, 4.69) is 32.6 Å². The zero-order valence-electron chi connectivity index (χ0n) is 10.2. The minimum absolute atomic E-state index is 0.127. The van der Waals surface area contributed by atoms with Crippen LogP contribution < -0.4 is 10.1 Å². The minimum Gasteiger partial charge on any atom is -0.434 e. The maximum atomic E-state index is 12.3. The summed E-state index contributed by atoms with van der Waals surface area (Å²) in [4.78, 5) is 0. The van der Waals surface area contributed by atoms with Crippen LogP contribution in [0.1, 0.15) is 5.56 Å². The number of nitrogens with one attached hydrogen (secondary N) is 1. The van der Waals surface area contributed by atoms with Crippen LogP contribution in [-0.4, -0.2) is 6.61 Å². The molecule has 0 unspecified atom stereocenters. The number of hydrogen-bond acceptors (Lipinski definition) is 2. The van der Waals surface area contributed by atoms with Crippen molar-refractivity contribution < 1.29 is 13.5 Å². The maximum absolute atomic E-state index is 12.3. The second-order valence-electron chi connectivity index (χ2n) is 3.99. The summed E-state index contributed by atoms with van der Waals surface area (Å²) in [6.45, 7) is -2.50. The van der Waals surface area contributed by atoms with E-state index >= 15 is 0 Å². The van der Waals surface area contributed by atoms with Crippen LogP contribution in [0.5, 0.6) is 5.75 Å². The maximum Gasteiger partial charge on any atom is 0.387 e. The molecule has 20 heavy (non-hydrogen) atoms. The second-order valence-corrected chi connectivity index (χ2v) is 5.67. The van der Waals surface area contributed by atoms with Gasteiger partial charge in [-0.05, 0) is 65.1 Å². The van der Waals surface area contributed by atoms with Gasteiger partial charge in [0.15, 0.2) is 0 Å². The average molecular weight is 410 g/mol. The third kappa shape index (κ3) is 4.49. The summed E-state index contributed by atoms with van der Waals surface area (Å²) in [5.74, 6) is 0.127. The Kier molecular flexibility index (Phi) is 5.42. The van der Waals surface area contributed by atoms with Gasteiger partial charge in [-0.2, -0.15) is 8.78 Å². The number of benzene rings is 2. The van der Waals surface area contributed by atoms with Crippen molar-refractivity contribution >= 4 is 39.9 Å². The standard InChI is InChI=1S/C14H11ClF2INO/c15-10-1-6-13(20-14(16)17)9(7-10)8-19-12-4-2-11(18)3-5-12/h1-7,14,19H,8H2. The van der Waals surface area contributed by atoms with E-state index in [4.69, 9.17) is 11.6 Å². The van der Waals surface area contributed by atoms with Gasteiger partial charge in [-0.15, -0.1) is 0 Å². The predicted octanol–water partition coefficient (Wildman–Crippen LogP) is 5.16. The highest BCUT2D eigenvalue weighted by Gasteiger charge is 2.10. The van der Waals surface area contributed by atoms with Gasteiger partial charge in [0.1, 0.15) is 5.75 Å². The van der Waals surface area contributed by atoms with Crippen LogP contribution in [0.25, 0.3) is 0 Å². The number of hydrogen-bond donors (Lipinski definition) is 1. The lowest BCUT2D eigenvalue weighted by Gasteiger charge is -2.12. The fourth-order valence-corrected chi connectivity index (χ4v) is 2.22. The molecule has 0 heterocycles. The van der Waals surface area contributed by atoms with Gasteiger partial charge in [-0.3, -0.25) is 0 Å². The molecule has 0 spiro atoms. The normalized spacial score (nSPS) is 10.7. The summed E-state index contributed by atoms with van der Waals surface area (Å²) >= 11 is 8.09. The topological polar surface area (TPSA) is 21.3 Å². The van der Waals surface area contributed by atoms with Gasteiger partial charge >= 0.3 is 6.61 Å². The fourth-order valence-electron chi connectivity index (χ4n) is 1.66. The van der Waals surface area contributed by atoms with Crippen LogP contribution in [-0.2, 0) is 6.54 Å². The van der Waals surface area contributed by atoms with E-state index in [9.17, 15) is 8.78 Å². The first kappa shape index (κ1) is 15.3. The first-order valence-corrected chi connectivity index (χ1v) is 7.23. The van der Waals surface area contributed by atoms with Crippen molar-refractivity contribution in [3.8, 4) is 5.75 Å². The molecule has 2 aromatic rings. The third-order valence-electron chi connectivity index (χ3n) is 2.57. The molecular formula is C14H11ClF2INO. The highest BCUT2D eigenvalue weighted by Crippen LogP contribution is 2.25. The number of alkyl halides is 2. The fraction of sp³-hybridized carbons (Fsp3) is 0.143. The van der Waals surface area contributed by atoms with Gasteiger partial charge in [-0.1, -0.05) is 11.6 Å². The van der Waals surface area contributed by atoms with Gasteiger partial charge in [-0.25, -0.2) is 0 Å². The molecule has 0 amide bonds. The summed E-state index contributed by atoms with van der Waals surface area (Å²) in [5.41, 5.74) is 1.48. The zero-order valence-corrected chi connectivity index (χ0v) is 13.2. The summed E-state index contributed by atoms with van der Waals surface area (Å²) < 4.78 is 30.3. The van der Waals surface area contributed by atoms with E-state index in [0.717, 1.165) is 9.26 Å². The highest BCUT2D eigenvalue weighted by atomic mass is 127. The zero-order chi connectivity index (χ0) is 14.5. The van der Waals surface area contributed by atoms with Crippen LogP contribution in [0.15, 0.2) is 42.5 Å². The van der Waals surface area contributed by atoms with Gasteiger partial charge in [0.25, 0.3) is 0 Å². The van der Waals surface area contributed by atoms with E-state index in [1.807, 2.05) is 24.3 Å². The SMILES string of the molecule is FC(F)Oc1ccc(Cl)cc1CNc1ccc(I)cc1. The Labute approximate surface area is 134 Å². The summed E-state index contributed by atoms with van der Waals surface area (Å²) in [6.07, 6.45) is 0. The van der Waals surface area contributed by atoms with Crippen LogP contribution in [0.2, 0.25) is 5.02 Å². The van der Waals surface area contributed by atoms with E-state index in [-0.39, 0.29) is 5.75 Å². The predicted molar refractivity (Wildman–Crippen MR) is 84.6 cm³/mol. The molecule has 0 aliphatic rings. The number of halogens is 4. The Balaban J connectivity index is 2.11.